The third-order valence-electron chi connectivity index (χ3n) is 8.24. The molecule has 1 aromatic heterocycles. The molecule has 1 aromatic carbocycles. The maximum Gasteiger partial charge on any atom is 0.355 e. The van der Waals surface area contributed by atoms with Gasteiger partial charge in [-0.2, -0.15) is 0 Å². The van der Waals surface area contributed by atoms with Crippen LogP contribution in [0.1, 0.15) is 63.4 Å². The molecule has 2 aliphatic rings. The first-order valence-corrected chi connectivity index (χ1v) is 15.9. The van der Waals surface area contributed by atoms with Gasteiger partial charge in [0.25, 0.3) is 5.91 Å². The number of hydrogen-bond donors (Lipinski definition) is 7. The van der Waals surface area contributed by atoms with Crippen LogP contribution in [0.3, 0.4) is 0 Å². The van der Waals surface area contributed by atoms with Crippen LogP contribution in [0.5, 0.6) is 0 Å². The molecule has 7 N–H and O–H groups in total. The number of aromatic nitrogens is 1. The number of carbonyl (C=O) groups excluding carboxylic acids is 4. The first kappa shape index (κ1) is 31.7. The fraction of sp³-hybridized carbons (Fsp3) is 0.571. The molecule has 3 heterocycles. The molecule has 2 aliphatic heterocycles. The van der Waals surface area contributed by atoms with E-state index in [0.717, 1.165) is 10.9 Å². The molecule has 4 amide bonds. The third-order valence-corrected chi connectivity index (χ3v) is 9.29. The van der Waals surface area contributed by atoms with Gasteiger partial charge in [0.05, 0.1) is 6.04 Å². The monoisotopic (exact) mass is 605 g/mol. The molecule has 1 spiro atoms. The molecule has 4 atom stereocenters. The van der Waals surface area contributed by atoms with Crippen LogP contribution in [-0.2, 0) is 18.9 Å². The second kappa shape index (κ2) is 12.5. The van der Waals surface area contributed by atoms with Crippen LogP contribution in [-0.4, -0.2) is 85.0 Å². The van der Waals surface area contributed by atoms with Gasteiger partial charge in [-0.15, -0.1) is 0 Å². The van der Waals surface area contributed by atoms with E-state index in [0.29, 0.717) is 32.4 Å². The number of benzene rings is 1. The summed E-state index contributed by atoms with van der Waals surface area (Å²) in [6.07, 6.45) is 1.40. The number of carbonyl (C=O) groups is 4. The summed E-state index contributed by atoms with van der Waals surface area (Å²) < 4.78 is 12.1. The Balaban J connectivity index is 1.48. The van der Waals surface area contributed by atoms with Crippen molar-refractivity contribution in [3.05, 3.63) is 36.0 Å². The molecule has 2 aromatic rings. The Bertz CT molecular complexity index is 1350. The molecule has 4 rings (SSSR count). The second-order valence-corrected chi connectivity index (χ2v) is 13.7. The molecule has 3 unspecified atom stereocenters. The summed E-state index contributed by atoms with van der Waals surface area (Å²) in [5.74, 6) is -4.67. The fourth-order valence-corrected chi connectivity index (χ4v) is 6.63. The van der Waals surface area contributed by atoms with E-state index in [9.17, 15) is 38.6 Å². The zero-order valence-electron chi connectivity index (χ0n) is 24.0. The SMILES string of the molecule is CC(=O)N1CCC2(CC1)CC(CC(NC(=O)[C@H](CC(C)C)NC(=O)c1cc3ccccc3[nH]1)C(O)P(=O)(O)O)C(=O)N2. The lowest BCUT2D eigenvalue weighted by Gasteiger charge is -2.39. The Hall–Kier alpha value is -3.25. The lowest BCUT2D eigenvalue weighted by atomic mass is 9.82. The van der Waals surface area contributed by atoms with E-state index in [-0.39, 0.29) is 36.3 Å². The van der Waals surface area contributed by atoms with Crippen molar-refractivity contribution < 1.29 is 38.6 Å². The summed E-state index contributed by atoms with van der Waals surface area (Å²) in [5.41, 5.74) is 0.425. The van der Waals surface area contributed by atoms with Crippen molar-refractivity contribution in [3.8, 4) is 0 Å². The Morgan fingerprint density at radius 3 is 2.40 bits per heavy atom. The molecule has 2 fully saturated rings. The normalized spacial score (nSPS) is 20.8. The largest absolute Gasteiger partial charge is 0.379 e. The van der Waals surface area contributed by atoms with Crippen molar-refractivity contribution in [3.63, 3.8) is 0 Å². The van der Waals surface area contributed by atoms with Crippen LogP contribution < -0.4 is 16.0 Å². The first-order valence-electron chi connectivity index (χ1n) is 14.2. The van der Waals surface area contributed by atoms with Gasteiger partial charge in [0.2, 0.25) is 17.7 Å². The van der Waals surface area contributed by atoms with Gasteiger partial charge >= 0.3 is 7.60 Å². The molecule has 2 saturated heterocycles. The van der Waals surface area contributed by atoms with Crippen molar-refractivity contribution in [2.24, 2.45) is 11.8 Å². The predicted molar refractivity (Wildman–Crippen MR) is 154 cm³/mol. The smallest absolute Gasteiger partial charge is 0.355 e. The van der Waals surface area contributed by atoms with Gasteiger partial charge in [-0.25, -0.2) is 0 Å². The quantitative estimate of drug-likeness (QED) is 0.196. The molecule has 230 valence electrons. The highest BCUT2D eigenvalue weighted by molar-refractivity contribution is 7.52. The average molecular weight is 606 g/mol. The Morgan fingerprint density at radius 1 is 1.14 bits per heavy atom. The lowest BCUT2D eigenvalue weighted by Crippen LogP contribution is -2.53. The number of likely N-dealkylation sites (tertiary alicyclic amines) is 1. The van der Waals surface area contributed by atoms with E-state index in [1.165, 1.54) is 6.92 Å². The summed E-state index contributed by atoms with van der Waals surface area (Å²) in [6, 6.07) is 6.44. The van der Waals surface area contributed by atoms with E-state index in [1.54, 1.807) is 11.0 Å². The third kappa shape index (κ3) is 7.38. The van der Waals surface area contributed by atoms with Crippen LogP contribution in [0.15, 0.2) is 30.3 Å². The summed E-state index contributed by atoms with van der Waals surface area (Å²) >= 11 is 0. The van der Waals surface area contributed by atoms with Crippen LogP contribution >= 0.6 is 7.60 Å². The van der Waals surface area contributed by atoms with Crippen molar-refractivity contribution in [2.75, 3.05) is 13.1 Å². The molecule has 0 radical (unpaired) electrons. The number of fused-ring (bicyclic) bond motifs is 1. The van der Waals surface area contributed by atoms with E-state index < -0.39 is 48.8 Å². The van der Waals surface area contributed by atoms with Crippen LogP contribution in [0.4, 0.5) is 0 Å². The number of amides is 4. The molecular weight excluding hydrogens is 565 g/mol. The zero-order valence-corrected chi connectivity index (χ0v) is 24.9. The van der Waals surface area contributed by atoms with Crippen molar-refractivity contribution >= 4 is 42.1 Å². The fourth-order valence-electron chi connectivity index (χ4n) is 5.96. The van der Waals surface area contributed by atoms with Crippen molar-refractivity contribution in [2.45, 2.75) is 76.3 Å². The number of hydrogen-bond acceptors (Lipinski definition) is 6. The minimum absolute atomic E-state index is 0.0322. The number of para-hydroxylation sites is 1. The molecule has 42 heavy (non-hydrogen) atoms. The lowest BCUT2D eigenvalue weighted by molar-refractivity contribution is -0.130. The average Bonchev–Trinajstić information content (AvgIpc) is 3.47. The summed E-state index contributed by atoms with van der Waals surface area (Å²) in [4.78, 5) is 75.5. The number of nitrogens with one attached hydrogen (secondary N) is 4. The van der Waals surface area contributed by atoms with Crippen LogP contribution in [0.25, 0.3) is 10.9 Å². The topological polar surface area (TPSA) is 201 Å². The Kier molecular flexibility index (Phi) is 9.46. The number of piperidine rings is 1. The molecular formula is C28H40N5O8P. The first-order chi connectivity index (χ1) is 19.7. The highest BCUT2D eigenvalue weighted by Gasteiger charge is 2.48. The van der Waals surface area contributed by atoms with Crippen molar-refractivity contribution in [1.29, 1.82) is 0 Å². The minimum Gasteiger partial charge on any atom is -0.379 e. The highest BCUT2D eigenvalue weighted by Crippen LogP contribution is 2.44. The van der Waals surface area contributed by atoms with Crippen LogP contribution in [0, 0.1) is 11.8 Å². The van der Waals surface area contributed by atoms with E-state index in [4.69, 9.17) is 0 Å². The minimum atomic E-state index is -5.08. The standard InChI is InChI=1S/C28H40N5O8P/c1-16(2)12-21(30-26(37)22-13-18-6-4-5-7-20(18)29-22)25(36)31-23(27(38)42(39,40)41)14-19-15-28(32-24(19)35)8-10-33(11-9-28)17(3)34/h4-7,13,16,19,21,23,27,29,38H,8-12,14-15H2,1-3H3,(H,30,37)(H,31,36)(H,32,35)(H2,39,40,41)/t19?,21-,23?,27?/m0/s1. The molecule has 13 nitrogen and oxygen atoms in total. The summed E-state index contributed by atoms with van der Waals surface area (Å²) in [5, 5.41) is 19.6. The van der Waals surface area contributed by atoms with Gasteiger partial charge in [-0.3, -0.25) is 23.7 Å². The molecule has 0 saturated carbocycles. The Labute approximate surface area is 244 Å². The van der Waals surface area contributed by atoms with E-state index >= 15 is 0 Å². The summed E-state index contributed by atoms with van der Waals surface area (Å²) in [7, 11) is -5.08. The number of rotatable bonds is 10. The van der Waals surface area contributed by atoms with Gasteiger partial charge in [-0.1, -0.05) is 32.0 Å². The van der Waals surface area contributed by atoms with E-state index in [1.807, 2.05) is 38.1 Å². The number of nitrogens with zero attached hydrogens (tertiary/aromatic N) is 1. The summed E-state index contributed by atoms with van der Waals surface area (Å²) in [6.45, 7) is 6.15. The number of aliphatic hydroxyl groups excluding tert-OH is 1. The van der Waals surface area contributed by atoms with Gasteiger partial charge < -0.3 is 40.7 Å². The number of aromatic amines is 1. The van der Waals surface area contributed by atoms with Gasteiger partial charge in [0.15, 0.2) is 5.85 Å². The van der Waals surface area contributed by atoms with E-state index in [2.05, 4.69) is 20.9 Å². The zero-order chi connectivity index (χ0) is 30.8. The predicted octanol–water partition coefficient (Wildman–Crippen LogP) is 1.20. The maximum absolute atomic E-state index is 13.5. The van der Waals surface area contributed by atoms with Gasteiger partial charge in [0, 0.05) is 42.4 Å². The van der Waals surface area contributed by atoms with Gasteiger partial charge in [0.1, 0.15) is 11.7 Å². The number of aliphatic hydroxyl groups is 1. The van der Waals surface area contributed by atoms with Crippen LogP contribution in [0.2, 0.25) is 0 Å². The number of H-pyrrole nitrogens is 1. The maximum atomic E-state index is 13.5. The highest BCUT2D eigenvalue weighted by atomic mass is 31.2. The molecule has 0 aliphatic carbocycles. The van der Waals surface area contributed by atoms with Gasteiger partial charge in [-0.05, 0) is 50.2 Å². The molecule has 14 heteroatoms. The van der Waals surface area contributed by atoms with Crippen molar-refractivity contribution in [1.82, 2.24) is 25.8 Å². The molecule has 0 bridgehead atoms. The Morgan fingerprint density at radius 2 is 1.81 bits per heavy atom. The second-order valence-electron chi connectivity index (χ2n) is 12.0.